The first-order valence-electron chi connectivity index (χ1n) is 5.35. The summed E-state index contributed by atoms with van der Waals surface area (Å²) in [4.78, 5) is 37.3. The summed E-state index contributed by atoms with van der Waals surface area (Å²) < 4.78 is 0. The Hall–Kier alpha value is -2.44. The molecule has 0 aromatic carbocycles. The highest BCUT2D eigenvalue weighted by atomic mass is 16.4. The average Bonchev–Trinajstić information content (AvgIpc) is 2.33. The predicted octanol–water partition coefficient (Wildman–Crippen LogP) is -0.00310. The number of nitrogens with one attached hydrogen (secondary N) is 2. The van der Waals surface area contributed by atoms with Gasteiger partial charge in [0.15, 0.2) is 0 Å². The van der Waals surface area contributed by atoms with Gasteiger partial charge in [-0.1, -0.05) is 0 Å². The van der Waals surface area contributed by atoms with E-state index in [4.69, 9.17) is 5.11 Å². The Labute approximate surface area is 102 Å². The molecule has 1 unspecified atom stereocenters. The van der Waals surface area contributed by atoms with Gasteiger partial charge in [-0.25, -0.2) is 4.79 Å². The first-order valence-corrected chi connectivity index (χ1v) is 5.35. The zero-order valence-electron chi connectivity index (χ0n) is 9.34. The molecule has 1 atom stereocenters. The van der Waals surface area contributed by atoms with E-state index in [0.717, 1.165) is 0 Å². The Kier molecular flexibility index (Phi) is 3.22. The molecule has 1 aliphatic rings. The molecule has 18 heavy (non-hydrogen) atoms. The van der Waals surface area contributed by atoms with Gasteiger partial charge >= 0.3 is 5.97 Å². The number of carboxylic acid groups (broad SMARTS) is 1. The number of nitrogens with zero attached hydrogens (tertiary/aromatic N) is 1. The number of hydrogen-bond donors (Lipinski definition) is 3. The monoisotopic (exact) mass is 249 g/mol. The van der Waals surface area contributed by atoms with Crippen LogP contribution in [0.5, 0.6) is 0 Å². The lowest BCUT2D eigenvalue weighted by molar-refractivity contribution is -0.133. The molecule has 2 rings (SSSR count). The summed E-state index contributed by atoms with van der Waals surface area (Å²) in [6.45, 7) is 0. The highest BCUT2D eigenvalue weighted by Crippen LogP contribution is 2.17. The number of aromatic carboxylic acids is 1. The van der Waals surface area contributed by atoms with Crippen LogP contribution in [0.3, 0.4) is 0 Å². The molecule has 1 aromatic rings. The molecular weight excluding hydrogens is 238 g/mol. The summed E-state index contributed by atoms with van der Waals surface area (Å²) in [6, 6.07) is 0.723. The number of rotatable bonds is 3. The second-order valence-corrected chi connectivity index (χ2v) is 3.87. The van der Waals surface area contributed by atoms with Gasteiger partial charge in [0.25, 0.3) is 0 Å². The van der Waals surface area contributed by atoms with Crippen LogP contribution >= 0.6 is 0 Å². The van der Waals surface area contributed by atoms with E-state index in [9.17, 15) is 14.4 Å². The highest BCUT2D eigenvalue weighted by Gasteiger charge is 2.27. The Morgan fingerprint density at radius 1 is 1.50 bits per heavy atom. The SMILES string of the molecule is O=C1CCC(Nc2cnccc2C(=O)O)C(=O)N1. The van der Waals surface area contributed by atoms with Gasteiger partial charge in [-0.2, -0.15) is 0 Å². The van der Waals surface area contributed by atoms with Gasteiger partial charge < -0.3 is 10.4 Å². The van der Waals surface area contributed by atoms with Gasteiger partial charge in [0.2, 0.25) is 11.8 Å². The number of carbonyl (C=O) groups is 3. The minimum absolute atomic E-state index is 0.0368. The summed E-state index contributed by atoms with van der Waals surface area (Å²) >= 11 is 0. The number of carbonyl (C=O) groups excluding carboxylic acids is 2. The average molecular weight is 249 g/mol. The number of aromatic nitrogens is 1. The van der Waals surface area contributed by atoms with Crippen LogP contribution in [0.25, 0.3) is 0 Å². The third-order valence-corrected chi connectivity index (χ3v) is 2.62. The minimum Gasteiger partial charge on any atom is -0.478 e. The molecule has 2 heterocycles. The zero-order valence-corrected chi connectivity index (χ0v) is 9.34. The van der Waals surface area contributed by atoms with E-state index >= 15 is 0 Å². The molecular formula is C11H11N3O4. The molecule has 3 N–H and O–H groups in total. The van der Waals surface area contributed by atoms with Crippen molar-refractivity contribution in [3.8, 4) is 0 Å². The highest BCUT2D eigenvalue weighted by molar-refractivity contribution is 6.02. The molecule has 1 fully saturated rings. The van der Waals surface area contributed by atoms with Crippen molar-refractivity contribution >= 4 is 23.5 Å². The molecule has 1 aliphatic heterocycles. The Bertz CT molecular complexity index is 515. The first kappa shape index (κ1) is 12.0. The van der Waals surface area contributed by atoms with E-state index in [-0.39, 0.29) is 23.6 Å². The molecule has 94 valence electrons. The quantitative estimate of drug-likeness (QED) is 0.650. The molecule has 7 heteroatoms. The molecule has 1 saturated heterocycles. The maximum Gasteiger partial charge on any atom is 0.337 e. The summed E-state index contributed by atoms with van der Waals surface area (Å²) in [7, 11) is 0. The number of imide groups is 1. The molecule has 0 aliphatic carbocycles. The number of carboxylic acids is 1. The van der Waals surface area contributed by atoms with Gasteiger partial charge in [0.1, 0.15) is 6.04 Å². The molecule has 7 nitrogen and oxygen atoms in total. The van der Waals surface area contributed by atoms with Gasteiger partial charge in [-0.05, 0) is 12.5 Å². The predicted molar refractivity (Wildman–Crippen MR) is 61.0 cm³/mol. The third-order valence-electron chi connectivity index (χ3n) is 2.62. The summed E-state index contributed by atoms with van der Waals surface area (Å²) in [6.07, 6.45) is 3.26. The molecule has 1 aromatic heterocycles. The summed E-state index contributed by atoms with van der Waals surface area (Å²) in [5.74, 6) is -1.87. The van der Waals surface area contributed by atoms with Gasteiger partial charge in [0.05, 0.1) is 17.4 Å². The zero-order chi connectivity index (χ0) is 13.1. The summed E-state index contributed by atoms with van der Waals surface area (Å²) in [5.41, 5.74) is 0.300. The van der Waals surface area contributed by atoms with Gasteiger partial charge in [-0.3, -0.25) is 19.9 Å². The van der Waals surface area contributed by atoms with Crippen LogP contribution in [0.1, 0.15) is 23.2 Å². The van der Waals surface area contributed by atoms with Crippen LogP contribution in [0, 0.1) is 0 Å². The van der Waals surface area contributed by atoms with E-state index in [0.29, 0.717) is 6.42 Å². The number of amides is 2. The summed E-state index contributed by atoms with van der Waals surface area (Å²) in [5, 5.41) is 14.0. The van der Waals surface area contributed by atoms with E-state index in [2.05, 4.69) is 15.6 Å². The smallest absolute Gasteiger partial charge is 0.337 e. The van der Waals surface area contributed by atoms with Crippen LogP contribution < -0.4 is 10.6 Å². The van der Waals surface area contributed by atoms with Crippen molar-refractivity contribution in [1.29, 1.82) is 0 Å². The molecule has 0 bridgehead atoms. The van der Waals surface area contributed by atoms with Crippen molar-refractivity contribution in [2.75, 3.05) is 5.32 Å². The van der Waals surface area contributed by atoms with Crippen molar-refractivity contribution in [1.82, 2.24) is 10.3 Å². The van der Waals surface area contributed by atoms with E-state index in [1.165, 1.54) is 18.5 Å². The third kappa shape index (κ3) is 2.45. The number of pyridine rings is 1. The number of piperidine rings is 1. The Morgan fingerprint density at radius 3 is 2.94 bits per heavy atom. The fourth-order valence-corrected chi connectivity index (χ4v) is 1.71. The molecule has 0 spiro atoms. The standard InChI is InChI=1S/C11H11N3O4/c15-9-2-1-7(10(16)14-9)13-8-5-12-4-3-6(8)11(17)18/h3-5,7,13H,1-2H2,(H,17,18)(H,14,15,16). The van der Waals surface area contributed by atoms with Crippen molar-refractivity contribution in [2.45, 2.75) is 18.9 Å². The van der Waals surface area contributed by atoms with Crippen LogP contribution in [-0.2, 0) is 9.59 Å². The number of anilines is 1. The van der Waals surface area contributed by atoms with Crippen molar-refractivity contribution in [2.24, 2.45) is 0 Å². The maximum atomic E-state index is 11.5. The van der Waals surface area contributed by atoms with Crippen LogP contribution in [0.4, 0.5) is 5.69 Å². The first-order chi connectivity index (χ1) is 8.58. The van der Waals surface area contributed by atoms with Gasteiger partial charge in [0, 0.05) is 12.6 Å². The molecule has 2 amide bonds. The normalized spacial score (nSPS) is 19.2. The van der Waals surface area contributed by atoms with Gasteiger partial charge in [-0.15, -0.1) is 0 Å². The molecule has 0 radical (unpaired) electrons. The molecule has 0 saturated carbocycles. The van der Waals surface area contributed by atoms with Crippen molar-refractivity contribution in [3.05, 3.63) is 24.0 Å². The second kappa shape index (κ2) is 4.82. The van der Waals surface area contributed by atoms with Crippen LogP contribution in [0.15, 0.2) is 18.5 Å². The lowest BCUT2D eigenvalue weighted by Gasteiger charge is -2.23. The topological polar surface area (TPSA) is 108 Å². The lowest BCUT2D eigenvalue weighted by Crippen LogP contribution is -2.47. The lowest BCUT2D eigenvalue weighted by atomic mass is 10.1. The number of hydrogen-bond acceptors (Lipinski definition) is 5. The van der Waals surface area contributed by atoms with Crippen LogP contribution in [-0.4, -0.2) is 33.9 Å². The van der Waals surface area contributed by atoms with E-state index in [1.807, 2.05) is 0 Å². The van der Waals surface area contributed by atoms with Crippen molar-refractivity contribution < 1.29 is 19.5 Å². The second-order valence-electron chi connectivity index (χ2n) is 3.87. The Balaban J connectivity index is 2.17. The fraction of sp³-hybridized carbons (Fsp3) is 0.273. The van der Waals surface area contributed by atoms with E-state index in [1.54, 1.807) is 0 Å². The van der Waals surface area contributed by atoms with Crippen LogP contribution in [0.2, 0.25) is 0 Å². The fourth-order valence-electron chi connectivity index (χ4n) is 1.71. The van der Waals surface area contributed by atoms with E-state index < -0.39 is 17.9 Å². The Morgan fingerprint density at radius 2 is 2.28 bits per heavy atom. The van der Waals surface area contributed by atoms with Crippen molar-refractivity contribution in [3.63, 3.8) is 0 Å². The minimum atomic E-state index is -1.10. The largest absolute Gasteiger partial charge is 0.478 e. The maximum absolute atomic E-state index is 11.5.